The Hall–Kier alpha value is 0.140. The first-order chi connectivity index (χ1) is 5.52. The summed E-state index contributed by atoms with van der Waals surface area (Å²) in [6, 6.07) is 4.20. The van der Waals surface area contributed by atoms with Crippen molar-refractivity contribution in [2.24, 2.45) is 5.73 Å². The van der Waals surface area contributed by atoms with Gasteiger partial charge in [0.25, 0.3) is 0 Å². The van der Waals surface area contributed by atoms with Crippen molar-refractivity contribution in [1.29, 1.82) is 0 Å². The molecule has 2 N–H and O–H groups in total. The maximum Gasteiger partial charge on any atom is 0.0277 e. The molecule has 1 aromatic carbocycles. The van der Waals surface area contributed by atoms with Crippen LogP contribution in [0, 0.1) is 6.92 Å². The number of nitrogens with two attached hydrogens (primary N) is 1. The van der Waals surface area contributed by atoms with Crippen molar-refractivity contribution in [3.05, 3.63) is 32.2 Å². The average molecular weight is 293 g/mol. The zero-order valence-electron chi connectivity index (χ0n) is 7.07. The third-order valence-electron chi connectivity index (χ3n) is 1.77. The van der Waals surface area contributed by atoms with E-state index in [-0.39, 0.29) is 6.04 Å². The minimum Gasteiger partial charge on any atom is -0.324 e. The molecule has 0 heterocycles. The number of halogens is 2. The molecular formula is C9H11Br2N. The van der Waals surface area contributed by atoms with Crippen molar-refractivity contribution in [1.82, 2.24) is 0 Å². The van der Waals surface area contributed by atoms with E-state index in [9.17, 15) is 0 Å². The highest BCUT2D eigenvalue weighted by Crippen LogP contribution is 2.28. The standard InChI is InChI=1S/C9H11Br2N/c1-5-3-9(11)7(6(2)12)4-8(5)10/h3-4,6H,12H2,1-2H3. The molecule has 0 aliphatic carbocycles. The number of hydrogen-bond acceptors (Lipinski definition) is 1. The van der Waals surface area contributed by atoms with Crippen molar-refractivity contribution >= 4 is 31.9 Å². The molecule has 1 unspecified atom stereocenters. The third-order valence-corrected chi connectivity index (χ3v) is 3.31. The molecule has 0 fully saturated rings. The summed E-state index contributed by atoms with van der Waals surface area (Å²) in [4.78, 5) is 0. The van der Waals surface area contributed by atoms with Crippen LogP contribution in [0.5, 0.6) is 0 Å². The Labute approximate surface area is 89.6 Å². The lowest BCUT2D eigenvalue weighted by molar-refractivity contribution is 0.811. The summed E-state index contributed by atoms with van der Waals surface area (Å²) >= 11 is 6.95. The topological polar surface area (TPSA) is 26.0 Å². The first kappa shape index (κ1) is 10.2. The molecular weight excluding hydrogens is 282 g/mol. The lowest BCUT2D eigenvalue weighted by Gasteiger charge is -2.10. The molecule has 0 aromatic heterocycles. The normalized spacial score (nSPS) is 13.1. The zero-order valence-corrected chi connectivity index (χ0v) is 10.2. The van der Waals surface area contributed by atoms with Gasteiger partial charge in [-0.25, -0.2) is 0 Å². The van der Waals surface area contributed by atoms with E-state index in [0.717, 1.165) is 14.5 Å². The second kappa shape index (κ2) is 3.90. The van der Waals surface area contributed by atoms with Crippen molar-refractivity contribution in [2.45, 2.75) is 19.9 Å². The van der Waals surface area contributed by atoms with Crippen LogP contribution in [0.25, 0.3) is 0 Å². The van der Waals surface area contributed by atoms with Gasteiger partial charge in [-0.1, -0.05) is 31.9 Å². The summed E-state index contributed by atoms with van der Waals surface area (Å²) in [7, 11) is 0. The molecule has 1 aromatic rings. The molecule has 12 heavy (non-hydrogen) atoms. The summed E-state index contributed by atoms with van der Waals surface area (Å²) in [6.07, 6.45) is 0. The summed E-state index contributed by atoms with van der Waals surface area (Å²) < 4.78 is 2.19. The molecule has 1 nitrogen and oxygen atoms in total. The summed E-state index contributed by atoms with van der Waals surface area (Å²) in [5, 5.41) is 0. The minimum absolute atomic E-state index is 0.0660. The van der Waals surface area contributed by atoms with E-state index in [0.29, 0.717) is 0 Å². The van der Waals surface area contributed by atoms with Crippen molar-refractivity contribution in [3.8, 4) is 0 Å². The van der Waals surface area contributed by atoms with Crippen LogP contribution in [0.4, 0.5) is 0 Å². The quantitative estimate of drug-likeness (QED) is 0.842. The van der Waals surface area contributed by atoms with Gasteiger partial charge in [-0.05, 0) is 37.1 Å². The van der Waals surface area contributed by atoms with Gasteiger partial charge in [-0.2, -0.15) is 0 Å². The Balaban J connectivity index is 3.23. The Kier molecular flexibility index (Phi) is 3.32. The average Bonchev–Trinajstić information content (AvgIpc) is 1.96. The number of aryl methyl sites for hydroxylation is 1. The Bertz CT molecular complexity index is 295. The van der Waals surface area contributed by atoms with Crippen LogP contribution in [-0.2, 0) is 0 Å². The summed E-state index contributed by atoms with van der Waals surface area (Å²) in [5.74, 6) is 0. The molecule has 0 bridgehead atoms. The third kappa shape index (κ3) is 2.09. The van der Waals surface area contributed by atoms with Gasteiger partial charge in [-0.3, -0.25) is 0 Å². The van der Waals surface area contributed by atoms with E-state index >= 15 is 0 Å². The van der Waals surface area contributed by atoms with E-state index < -0.39 is 0 Å². The van der Waals surface area contributed by atoms with Crippen LogP contribution in [0.2, 0.25) is 0 Å². The largest absolute Gasteiger partial charge is 0.324 e. The van der Waals surface area contributed by atoms with Gasteiger partial charge in [-0.15, -0.1) is 0 Å². The first-order valence-corrected chi connectivity index (χ1v) is 5.32. The second-order valence-corrected chi connectivity index (χ2v) is 4.62. The van der Waals surface area contributed by atoms with Crippen LogP contribution in [0.1, 0.15) is 24.1 Å². The number of rotatable bonds is 1. The fraction of sp³-hybridized carbons (Fsp3) is 0.333. The molecule has 0 aliphatic rings. The zero-order chi connectivity index (χ0) is 9.30. The van der Waals surface area contributed by atoms with Crippen molar-refractivity contribution in [2.75, 3.05) is 0 Å². The fourth-order valence-electron chi connectivity index (χ4n) is 1.01. The Morgan fingerprint density at radius 3 is 2.33 bits per heavy atom. The first-order valence-electron chi connectivity index (χ1n) is 3.73. The van der Waals surface area contributed by atoms with Crippen molar-refractivity contribution in [3.63, 3.8) is 0 Å². The maximum atomic E-state index is 5.78. The molecule has 66 valence electrons. The van der Waals surface area contributed by atoms with Gasteiger partial charge >= 0.3 is 0 Å². The number of benzene rings is 1. The lowest BCUT2D eigenvalue weighted by Crippen LogP contribution is -2.05. The van der Waals surface area contributed by atoms with Crippen LogP contribution >= 0.6 is 31.9 Å². The summed E-state index contributed by atoms with van der Waals surface area (Å²) in [5.41, 5.74) is 8.13. The van der Waals surface area contributed by atoms with Crippen LogP contribution in [-0.4, -0.2) is 0 Å². The smallest absolute Gasteiger partial charge is 0.0277 e. The van der Waals surface area contributed by atoms with Gasteiger partial charge in [0, 0.05) is 15.0 Å². The molecule has 1 atom stereocenters. The molecule has 0 radical (unpaired) electrons. The van der Waals surface area contributed by atoms with Crippen LogP contribution < -0.4 is 5.73 Å². The van der Waals surface area contributed by atoms with E-state index in [2.05, 4.69) is 50.9 Å². The Morgan fingerprint density at radius 1 is 1.25 bits per heavy atom. The maximum absolute atomic E-state index is 5.78. The predicted octanol–water partition coefficient (Wildman–Crippen LogP) is 3.54. The van der Waals surface area contributed by atoms with E-state index in [1.54, 1.807) is 0 Å². The SMILES string of the molecule is Cc1cc(Br)c(C(C)N)cc1Br. The van der Waals surface area contributed by atoms with Crippen molar-refractivity contribution < 1.29 is 0 Å². The van der Waals surface area contributed by atoms with Gasteiger partial charge in [0.05, 0.1) is 0 Å². The highest BCUT2D eigenvalue weighted by atomic mass is 79.9. The molecule has 0 saturated carbocycles. The number of hydrogen-bond donors (Lipinski definition) is 1. The fourth-order valence-corrected chi connectivity index (χ4v) is 2.19. The van der Waals surface area contributed by atoms with Gasteiger partial charge in [0.15, 0.2) is 0 Å². The van der Waals surface area contributed by atoms with Crippen LogP contribution in [0.15, 0.2) is 21.1 Å². The molecule has 0 spiro atoms. The molecule has 1 rings (SSSR count). The van der Waals surface area contributed by atoms with Crippen LogP contribution in [0.3, 0.4) is 0 Å². The minimum atomic E-state index is 0.0660. The van der Waals surface area contributed by atoms with Gasteiger partial charge < -0.3 is 5.73 Å². The molecule has 3 heteroatoms. The van der Waals surface area contributed by atoms with Gasteiger partial charge in [0.2, 0.25) is 0 Å². The molecule has 0 aliphatic heterocycles. The van der Waals surface area contributed by atoms with E-state index in [1.165, 1.54) is 5.56 Å². The highest BCUT2D eigenvalue weighted by molar-refractivity contribution is 9.11. The summed E-state index contributed by atoms with van der Waals surface area (Å²) in [6.45, 7) is 4.03. The van der Waals surface area contributed by atoms with E-state index in [4.69, 9.17) is 5.73 Å². The Morgan fingerprint density at radius 2 is 1.83 bits per heavy atom. The highest BCUT2D eigenvalue weighted by Gasteiger charge is 2.06. The molecule has 0 saturated heterocycles. The lowest BCUT2D eigenvalue weighted by atomic mass is 10.1. The monoisotopic (exact) mass is 291 g/mol. The second-order valence-electron chi connectivity index (χ2n) is 2.91. The predicted molar refractivity (Wildman–Crippen MR) is 59.2 cm³/mol. The van der Waals surface area contributed by atoms with Gasteiger partial charge in [0.1, 0.15) is 0 Å². The molecule has 0 amide bonds. The van der Waals surface area contributed by atoms with E-state index in [1.807, 2.05) is 6.92 Å².